The van der Waals surface area contributed by atoms with Crippen LogP contribution < -0.4 is 5.32 Å². The van der Waals surface area contributed by atoms with E-state index in [1.807, 2.05) is 11.7 Å². The number of hydrogen-bond acceptors (Lipinski definition) is 4. The van der Waals surface area contributed by atoms with Crippen molar-refractivity contribution in [2.75, 3.05) is 19.6 Å². The number of rotatable bonds is 7. The van der Waals surface area contributed by atoms with Gasteiger partial charge in [0.1, 0.15) is 0 Å². The van der Waals surface area contributed by atoms with Gasteiger partial charge in [-0.2, -0.15) is 5.10 Å². The molecule has 1 aliphatic heterocycles. The lowest BCUT2D eigenvalue weighted by molar-refractivity contribution is 0.104. The van der Waals surface area contributed by atoms with Crippen molar-refractivity contribution in [3.63, 3.8) is 0 Å². The first-order chi connectivity index (χ1) is 12.0. The van der Waals surface area contributed by atoms with Gasteiger partial charge < -0.3 is 10.4 Å². The quantitative estimate of drug-likeness (QED) is 0.809. The molecule has 5 heteroatoms. The molecule has 1 aliphatic rings. The molecule has 2 heterocycles. The fraction of sp³-hybridized carbons (Fsp3) is 0.550. The standard InChI is InChI=1S/C20H30N4O/c1-15(2)20-18(12-23(3)22-20)10-21-11-19(25)14-24-9-8-16-6-4-5-7-17(16)13-24/h4-7,12,15,19,21,25H,8-11,13-14H2,1-3H3/t19-/m1/s1. The number of fused-ring (bicyclic) bond motifs is 1. The smallest absolute Gasteiger partial charge is 0.0791 e. The number of aliphatic hydroxyl groups excluding tert-OH is 1. The van der Waals surface area contributed by atoms with Gasteiger partial charge in [-0.05, 0) is 23.5 Å². The summed E-state index contributed by atoms with van der Waals surface area (Å²) < 4.78 is 1.87. The first-order valence-electron chi connectivity index (χ1n) is 9.23. The molecule has 5 nitrogen and oxygen atoms in total. The fourth-order valence-corrected chi connectivity index (χ4v) is 3.62. The number of nitrogens with zero attached hydrogens (tertiary/aromatic N) is 3. The van der Waals surface area contributed by atoms with E-state index in [0.717, 1.165) is 31.7 Å². The zero-order valence-electron chi connectivity index (χ0n) is 15.6. The summed E-state index contributed by atoms with van der Waals surface area (Å²) in [5, 5.41) is 18.3. The Morgan fingerprint density at radius 2 is 2.00 bits per heavy atom. The van der Waals surface area contributed by atoms with Gasteiger partial charge in [0.05, 0.1) is 11.8 Å². The van der Waals surface area contributed by atoms with Gasteiger partial charge in [-0.25, -0.2) is 0 Å². The number of nitrogens with one attached hydrogen (secondary N) is 1. The molecule has 136 valence electrons. The Hall–Kier alpha value is -1.69. The fourth-order valence-electron chi connectivity index (χ4n) is 3.62. The molecule has 25 heavy (non-hydrogen) atoms. The summed E-state index contributed by atoms with van der Waals surface area (Å²) in [4.78, 5) is 2.35. The second-order valence-electron chi connectivity index (χ2n) is 7.41. The third kappa shape index (κ3) is 4.69. The van der Waals surface area contributed by atoms with Gasteiger partial charge in [0.15, 0.2) is 0 Å². The highest BCUT2D eigenvalue weighted by atomic mass is 16.3. The summed E-state index contributed by atoms with van der Waals surface area (Å²) in [6, 6.07) is 8.62. The van der Waals surface area contributed by atoms with E-state index >= 15 is 0 Å². The highest BCUT2D eigenvalue weighted by Gasteiger charge is 2.18. The molecule has 0 spiro atoms. The lowest BCUT2D eigenvalue weighted by atomic mass is 10.00. The van der Waals surface area contributed by atoms with Crippen LogP contribution in [-0.4, -0.2) is 45.5 Å². The van der Waals surface area contributed by atoms with Gasteiger partial charge in [0.25, 0.3) is 0 Å². The van der Waals surface area contributed by atoms with Crippen molar-refractivity contribution >= 4 is 0 Å². The first-order valence-corrected chi connectivity index (χ1v) is 9.23. The van der Waals surface area contributed by atoms with Crippen LogP contribution in [0.15, 0.2) is 30.5 Å². The molecule has 0 fully saturated rings. The van der Waals surface area contributed by atoms with Gasteiger partial charge in [-0.15, -0.1) is 0 Å². The molecular formula is C20H30N4O. The summed E-state index contributed by atoms with van der Waals surface area (Å²) in [6.45, 7) is 8.35. The summed E-state index contributed by atoms with van der Waals surface area (Å²) >= 11 is 0. The topological polar surface area (TPSA) is 53.3 Å². The van der Waals surface area contributed by atoms with Crippen molar-refractivity contribution in [2.24, 2.45) is 7.05 Å². The number of aryl methyl sites for hydroxylation is 1. The number of benzene rings is 1. The van der Waals surface area contributed by atoms with E-state index in [9.17, 15) is 5.11 Å². The Labute approximate surface area is 150 Å². The van der Waals surface area contributed by atoms with Crippen LogP contribution in [0.4, 0.5) is 0 Å². The van der Waals surface area contributed by atoms with Crippen molar-refractivity contribution in [3.8, 4) is 0 Å². The number of β-amino-alcohol motifs (C(OH)–C–C–N with tert-alkyl or cyclic N) is 1. The van der Waals surface area contributed by atoms with Crippen molar-refractivity contribution in [3.05, 3.63) is 52.8 Å². The maximum absolute atomic E-state index is 10.4. The lowest BCUT2D eigenvalue weighted by Crippen LogP contribution is -2.40. The Kier molecular flexibility index (Phi) is 5.89. The molecule has 1 aromatic carbocycles. The molecule has 2 N–H and O–H groups in total. The van der Waals surface area contributed by atoms with E-state index in [2.05, 4.69) is 59.6 Å². The molecule has 0 radical (unpaired) electrons. The van der Waals surface area contributed by atoms with Crippen LogP contribution in [0.5, 0.6) is 0 Å². The van der Waals surface area contributed by atoms with E-state index in [-0.39, 0.29) is 6.10 Å². The van der Waals surface area contributed by atoms with E-state index < -0.39 is 0 Å². The average molecular weight is 342 g/mol. The Morgan fingerprint density at radius 1 is 1.24 bits per heavy atom. The highest BCUT2D eigenvalue weighted by Crippen LogP contribution is 2.19. The maximum atomic E-state index is 10.4. The van der Waals surface area contributed by atoms with Gasteiger partial charge in [-0.3, -0.25) is 9.58 Å². The normalized spacial score (nSPS) is 16.2. The molecule has 0 amide bonds. The molecule has 0 bridgehead atoms. The van der Waals surface area contributed by atoms with Crippen molar-refractivity contribution in [1.29, 1.82) is 0 Å². The predicted octanol–water partition coefficient (Wildman–Crippen LogP) is 2.05. The van der Waals surface area contributed by atoms with Crippen LogP contribution in [0.3, 0.4) is 0 Å². The van der Waals surface area contributed by atoms with Crippen molar-refractivity contribution in [1.82, 2.24) is 20.0 Å². The zero-order valence-corrected chi connectivity index (χ0v) is 15.6. The lowest BCUT2D eigenvalue weighted by Gasteiger charge is -2.30. The predicted molar refractivity (Wildman–Crippen MR) is 100 cm³/mol. The van der Waals surface area contributed by atoms with E-state index in [1.165, 1.54) is 16.7 Å². The summed E-state index contributed by atoms with van der Waals surface area (Å²) in [6.07, 6.45) is 2.78. The molecule has 1 aromatic heterocycles. The molecular weight excluding hydrogens is 312 g/mol. The molecule has 0 unspecified atom stereocenters. The molecule has 1 atom stereocenters. The van der Waals surface area contributed by atoms with E-state index in [1.54, 1.807) is 0 Å². The van der Waals surface area contributed by atoms with Gasteiger partial charge in [0, 0.05) is 51.5 Å². The first kappa shape index (κ1) is 18.1. The number of aliphatic hydroxyl groups is 1. The van der Waals surface area contributed by atoms with Crippen LogP contribution in [0.2, 0.25) is 0 Å². The molecule has 0 saturated carbocycles. The monoisotopic (exact) mass is 342 g/mol. The minimum Gasteiger partial charge on any atom is -0.390 e. The Bertz CT molecular complexity index is 695. The Balaban J connectivity index is 1.45. The van der Waals surface area contributed by atoms with Crippen LogP contribution in [-0.2, 0) is 26.6 Å². The third-order valence-corrected chi connectivity index (χ3v) is 4.86. The summed E-state index contributed by atoms with van der Waals surface area (Å²) in [5.74, 6) is 0.413. The SMILES string of the molecule is CC(C)c1nn(C)cc1CNC[C@@H](O)CN1CCc2ccccc2C1. The van der Waals surface area contributed by atoms with Gasteiger partial charge in [0.2, 0.25) is 0 Å². The van der Waals surface area contributed by atoms with Gasteiger partial charge in [-0.1, -0.05) is 38.1 Å². The van der Waals surface area contributed by atoms with Crippen molar-refractivity contribution < 1.29 is 5.11 Å². The number of hydrogen-bond donors (Lipinski definition) is 2. The zero-order chi connectivity index (χ0) is 17.8. The Morgan fingerprint density at radius 3 is 2.76 bits per heavy atom. The summed E-state index contributed by atoms with van der Waals surface area (Å²) in [7, 11) is 1.96. The summed E-state index contributed by atoms with van der Waals surface area (Å²) in [5.41, 5.74) is 5.20. The third-order valence-electron chi connectivity index (χ3n) is 4.86. The van der Waals surface area contributed by atoms with Crippen LogP contribution in [0.1, 0.15) is 42.1 Å². The second kappa shape index (κ2) is 8.13. The van der Waals surface area contributed by atoms with Gasteiger partial charge >= 0.3 is 0 Å². The van der Waals surface area contributed by atoms with Crippen LogP contribution in [0.25, 0.3) is 0 Å². The minimum atomic E-state index is -0.357. The second-order valence-corrected chi connectivity index (χ2v) is 7.41. The molecule has 0 aliphatic carbocycles. The van der Waals surface area contributed by atoms with E-state index in [0.29, 0.717) is 19.0 Å². The van der Waals surface area contributed by atoms with E-state index in [4.69, 9.17) is 0 Å². The number of aromatic nitrogens is 2. The molecule has 0 saturated heterocycles. The molecule has 3 rings (SSSR count). The van der Waals surface area contributed by atoms with Crippen LogP contribution in [0, 0.1) is 0 Å². The largest absolute Gasteiger partial charge is 0.390 e. The highest BCUT2D eigenvalue weighted by molar-refractivity contribution is 5.29. The average Bonchev–Trinajstić information content (AvgIpc) is 2.96. The molecule has 2 aromatic rings. The van der Waals surface area contributed by atoms with Crippen LogP contribution >= 0.6 is 0 Å². The minimum absolute atomic E-state index is 0.357. The van der Waals surface area contributed by atoms with Crippen molar-refractivity contribution in [2.45, 2.75) is 45.4 Å². The maximum Gasteiger partial charge on any atom is 0.0791 e.